The molecule has 3 saturated heterocycles. The Labute approximate surface area is 153 Å². The van der Waals surface area contributed by atoms with Gasteiger partial charge >= 0.3 is 0 Å². The summed E-state index contributed by atoms with van der Waals surface area (Å²) in [6.45, 7) is 2.85. The van der Waals surface area contributed by atoms with Crippen LogP contribution in [0.4, 0.5) is 4.39 Å². The van der Waals surface area contributed by atoms with Crippen molar-refractivity contribution in [3.63, 3.8) is 0 Å². The smallest absolute Gasteiger partial charge is 0.243 e. The summed E-state index contributed by atoms with van der Waals surface area (Å²) < 4.78 is 40.2. The first-order valence-electron chi connectivity index (χ1n) is 8.73. The molecule has 1 N–H and O–H groups in total. The summed E-state index contributed by atoms with van der Waals surface area (Å²) in [6, 6.07) is 13.7. The number of nitrogens with zero attached hydrogens (tertiary/aromatic N) is 1. The number of rotatable bonds is 4. The lowest BCUT2D eigenvalue weighted by Gasteiger charge is -2.54. The van der Waals surface area contributed by atoms with Gasteiger partial charge in [-0.05, 0) is 42.3 Å². The van der Waals surface area contributed by atoms with Crippen LogP contribution in [0.1, 0.15) is 24.0 Å². The fraction of sp³-hybridized carbons (Fsp3) is 0.300. The minimum absolute atomic E-state index is 0.108. The molecule has 3 aliphatic heterocycles. The van der Waals surface area contributed by atoms with E-state index in [0.717, 1.165) is 5.56 Å². The van der Waals surface area contributed by atoms with Crippen molar-refractivity contribution >= 4 is 16.1 Å². The van der Waals surface area contributed by atoms with Crippen molar-refractivity contribution in [2.24, 2.45) is 0 Å². The molecule has 2 aromatic rings. The summed E-state index contributed by atoms with van der Waals surface area (Å²) in [5, 5.41) is 3.45. The van der Waals surface area contributed by atoms with Crippen LogP contribution in [0.15, 0.2) is 59.5 Å². The van der Waals surface area contributed by atoms with E-state index in [1.807, 2.05) is 13.0 Å². The molecule has 2 bridgehead atoms. The maximum Gasteiger partial charge on any atom is 0.243 e. The van der Waals surface area contributed by atoms with Gasteiger partial charge in [0.15, 0.2) is 0 Å². The normalized spacial score (nSPS) is 26.0. The maximum atomic E-state index is 13.1. The summed E-state index contributed by atoms with van der Waals surface area (Å²) >= 11 is 0. The van der Waals surface area contributed by atoms with Gasteiger partial charge in [-0.1, -0.05) is 36.4 Å². The molecule has 0 amide bonds. The largest absolute Gasteiger partial charge is 0.307 e. The van der Waals surface area contributed by atoms with Crippen LogP contribution in [0, 0.1) is 5.82 Å². The highest BCUT2D eigenvalue weighted by molar-refractivity contribution is 7.89. The average molecular weight is 372 g/mol. The highest BCUT2D eigenvalue weighted by Gasteiger charge is 2.49. The lowest BCUT2D eigenvalue weighted by molar-refractivity contribution is 0.102. The quantitative estimate of drug-likeness (QED) is 0.898. The molecular weight excluding hydrogens is 351 g/mol. The van der Waals surface area contributed by atoms with E-state index in [1.165, 1.54) is 34.1 Å². The molecule has 1 unspecified atom stereocenters. The predicted molar refractivity (Wildman–Crippen MR) is 99.8 cm³/mol. The topological polar surface area (TPSA) is 49.4 Å². The zero-order chi connectivity index (χ0) is 18.3. The number of hydrogen-bond donors (Lipinski definition) is 1. The number of hydrogen-bond acceptors (Lipinski definition) is 3. The second-order valence-corrected chi connectivity index (χ2v) is 8.79. The summed E-state index contributed by atoms with van der Waals surface area (Å²) in [5.74, 6) is -0.108. The van der Waals surface area contributed by atoms with Gasteiger partial charge in [0, 0.05) is 31.1 Å². The van der Waals surface area contributed by atoms with Gasteiger partial charge in [-0.2, -0.15) is 4.31 Å². The van der Waals surface area contributed by atoms with E-state index < -0.39 is 15.8 Å². The van der Waals surface area contributed by atoms with E-state index in [2.05, 4.69) is 35.7 Å². The molecule has 3 aliphatic rings. The van der Waals surface area contributed by atoms with Crippen LogP contribution in [-0.2, 0) is 10.0 Å². The molecule has 5 rings (SSSR count). The SMILES string of the molecule is C/C=C/c1ccc(C2[C@@H]3CN(S(=O)(=O)c4ccc(F)cc4)C[C@H]2N3)cc1. The molecule has 0 radical (unpaired) electrons. The monoisotopic (exact) mass is 372 g/mol. The average Bonchev–Trinajstić information content (AvgIpc) is 2.64. The summed E-state index contributed by atoms with van der Waals surface area (Å²) in [4.78, 5) is 0.146. The van der Waals surface area contributed by atoms with Crippen molar-refractivity contribution in [2.75, 3.05) is 13.1 Å². The lowest BCUT2D eigenvalue weighted by Crippen LogP contribution is -2.72. The van der Waals surface area contributed by atoms with Crippen LogP contribution in [0.5, 0.6) is 0 Å². The van der Waals surface area contributed by atoms with Gasteiger partial charge in [0.05, 0.1) is 4.90 Å². The molecule has 0 spiro atoms. The molecule has 136 valence electrons. The first kappa shape index (κ1) is 17.4. The van der Waals surface area contributed by atoms with E-state index in [9.17, 15) is 12.8 Å². The van der Waals surface area contributed by atoms with Crippen molar-refractivity contribution in [2.45, 2.75) is 29.8 Å². The van der Waals surface area contributed by atoms with Crippen LogP contribution in [0.2, 0.25) is 0 Å². The first-order chi connectivity index (χ1) is 12.5. The van der Waals surface area contributed by atoms with E-state index in [-0.39, 0.29) is 17.0 Å². The Balaban J connectivity index is 1.50. The standard InChI is InChI=1S/C20H21FN2O2S/c1-2-3-14-4-6-15(7-5-14)20-18-12-23(13-19(20)22-18)26(24,25)17-10-8-16(21)9-11-17/h2-11,18-20,22H,12-13H2,1H3/b3-2+/t18-,19+,20?. The Kier molecular flexibility index (Phi) is 4.42. The summed E-state index contributed by atoms with van der Waals surface area (Å²) in [7, 11) is -3.58. The zero-order valence-corrected chi connectivity index (χ0v) is 15.3. The number of sulfonamides is 1. The van der Waals surface area contributed by atoms with Crippen molar-refractivity contribution in [1.82, 2.24) is 9.62 Å². The molecule has 2 aromatic carbocycles. The molecule has 4 nitrogen and oxygen atoms in total. The van der Waals surface area contributed by atoms with Crippen LogP contribution in [-0.4, -0.2) is 37.9 Å². The Morgan fingerprint density at radius 3 is 2.23 bits per heavy atom. The molecule has 6 heteroatoms. The van der Waals surface area contributed by atoms with Gasteiger partial charge in [0.25, 0.3) is 0 Å². The first-order valence-corrected chi connectivity index (χ1v) is 10.2. The van der Waals surface area contributed by atoms with Crippen LogP contribution in [0.3, 0.4) is 0 Å². The number of piperidine rings is 1. The fourth-order valence-corrected chi connectivity index (χ4v) is 5.42. The Bertz CT molecular complexity index is 911. The molecule has 3 fully saturated rings. The molecular formula is C20H21FN2O2S. The molecule has 26 heavy (non-hydrogen) atoms. The highest BCUT2D eigenvalue weighted by Crippen LogP contribution is 2.38. The third-order valence-electron chi connectivity index (χ3n) is 5.23. The van der Waals surface area contributed by atoms with Gasteiger partial charge in [0.2, 0.25) is 10.0 Å². The van der Waals surface area contributed by atoms with Crippen molar-refractivity contribution in [3.05, 3.63) is 71.6 Å². The van der Waals surface area contributed by atoms with Gasteiger partial charge in [-0.15, -0.1) is 0 Å². The molecule has 0 saturated carbocycles. The van der Waals surface area contributed by atoms with Crippen molar-refractivity contribution in [3.8, 4) is 0 Å². The number of fused-ring (bicyclic) bond motifs is 2. The number of nitrogens with one attached hydrogen (secondary N) is 1. The maximum absolute atomic E-state index is 13.1. The van der Waals surface area contributed by atoms with Crippen molar-refractivity contribution < 1.29 is 12.8 Å². The fourth-order valence-electron chi connectivity index (χ4n) is 3.93. The van der Waals surface area contributed by atoms with E-state index >= 15 is 0 Å². The Morgan fingerprint density at radius 1 is 1.04 bits per heavy atom. The molecule has 0 aromatic heterocycles. The molecule has 3 atom stereocenters. The van der Waals surface area contributed by atoms with E-state index in [1.54, 1.807) is 0 Å². The minimum atomic E-state index is -3.58. The minimum Gasteiger partial charge on any atom is -0.307 e. The zero-order valence-electron chi connectivity index (χ0n) is 14.5. The third kappa shape index (κ3) is 2.98. The molecule has 3 heterocycles. The van der Waals surface area contributed by atoms with Crippen molar-refractivity contribution in [1.29, 1.82) is 0 Å². The number of piperazine rings is 1. The lowest BCUT2D eigenvalue weighted by atomic mass is 9.75. The van der Waals surface area contributed by atoms with Gasteiger partial charge in [-0.3, -0.25) is 0 Å². The van der Waals surface area contributed by atoms with Crippen LogP contribution < -0.4 is 5.32 Å². The second kappa shape index (κ2) is 6.61. The Hall–Kier alpha value is -2.02. The summed E-state index contributed by atoms with van der Waals surface area (Å²) in [5.41, 5.74) is 2.40. The highest BCUT2D eigenvalue weighted by atomic mass is 32.2. The number of benzene rings is 2. The van der Waals surface area contributed by atoms with Gasteiger partial charge < -0.3 is 5.32 Å². The molecule has 0 aliphatic carbocycles. The van der Waals surface area contributed by atoms with Gasteiger partial charge in [0.1, 0.15) is 5.82 Å². The van der Waals surface area contributed by atoms with Gasteiger partial charge in [-0.25, -0.2) is 12.8 Å². The Morgan fingerprint density at radius 2 is 1.65 bits per heavy atom. The third-order valence-corrected chi connectivity index (χ3v) is 7.07. The number of allylic oxidation sites excluding steroid dienone is 1. The summed E-state index contributed by atoms with van der Waals surface area (Å²) in [6.07, 6.45) is 4.06. The predicted octanol–water partition coefficient (Wildman–Crippen LogP) is 2.99. The van der Waals surface area contributed by atoms with Crippen LogP contribution in [0.25, 0.3) is 6.08 Å². The number of halogens is 1. The van der Waals surface area contributed by atoms with E-state index in [4.69, 9.17) is 0 Å². The second-order valence-electron chi connectivity index (χ2n) is 6.85. The van der Waals surface area contributed by atoms with Crippen LogP contribution >= 0.6 is 0 Å². The van der Waals surface area contributed by atoms with E-state index in [0.29, 0.717) is 19.0 Å².